The van der Waals surface area contributed by atoms with Crippen molar-refractivity contribution in [1.29, 1.82) is 0 Å². The van der Waals surface area contributed by atoms with Crippen molar-refractivity contribution in [3.8, 4) is 12.3 Å². The Morgan fingerprint density at radius 1 is 1.11 bits per heavy atom. The molecule has 3 unspecified atom stereocenters. The lowest BCUT2D eigenvalue weighted by molar-refractivity contribution is -0.142. The summed E-state index contributed by atoms with van der Waals surface area (Å²) < 4.78 is 5.46. The van der Waals surface area contributed by atoms with Gasteiger partial charge in [-0.15, -0.1) is 6.42 Å². The number of para-hydroxylation sites is 1. The molecule has 2 N–H and O–H groups in total. The van der Waals surface area contributed by atoms with Crippen molar-refractivity contribution in [3.05, 3.63) is 65.2 Å². The van der Waals surface area contributed by atoms with Crippen molar-refractivity contribution >= 4 is 23.6 Å². The third-order valence-electron chi connectivity index (χ3n) is 6.69. The number of carbonyl (C=O) groups excluding carboxylic acids is 3. The van der Waals surface area contributed by atoms with E-state index in [4.69, 9.17) is 11.2 Å². The van der Waals surface area contributed by atoms with Gasteiger partial charge < -0.3 is 20.3 Å². The summed E-state index contributed by atoms with van der Waals surface area (Å²) in [6.45, 7) is 11.1. The van der Waals surface area contributed by atoms with E-state index in [0.29, 0.717) is 23.2 Å². The van der Waals surface area contributed by atoms with Gasteiger partial charge in [-0.25, -0.2) is 4.79 Å². The second-order valence-electron chi connectivity index (χ2n) is 10.9. The summed E-state index contributed by atoms with van der Waals surface area (Å²) in [5, 5.41) is 5.81. The van der Waals surface area contributed by atoms with E-state index in [1.807, 2.05) is 57.2 Å². The number of aryl methyl sites for hydroxylation is 1. The summed E-state index contributed by atoms with van der Waals surface area (Å²) in [5.41, 5.74) is 1.95. The summed E-state index contributed by atoms with van der Waals surface area (Å²) in [4.78, 5) is 42.7. The van der Waals surface area contributed by atoms with Crippen LogP contribution in [0, 0.1) is 25.2 Å². The standard InChI is InChI=1S/C31H39N3O4/c1-8-20(3)26(33-30(37)38-31(5,6)7)29(36)34(23-18-19-23)27(24-16-12-11-15-22(24)9-2)28(35)32-25-17-13-10-14-21(25)4/h2,10-17,20,23,26-27H,8,18-19H2,1,3-7H3,(H,32,35)(H,33,37). The quantitative estimate of drug-likeness (QED) is 0.425. The fourth-order valence-corrected chi connectivity index (χ4v) is 4.35. The molecule has 1 saturated carbocycles. The number of carbonyl (C=O) groups is 3. The van der Waals surface area contributed by atoms with Crippen LogP contribution in [0.1, 0.15) is 76.6 Å². The molecule has 2 aromatic rings. The monoisotopic (exact) mass is 517 g/mol. The van der Waals surface area contributed by atoms with E-state index < -0.39 is 23.8 Å². The van der Waals surface area contributed by atoms with E-state index in [1.54, 1.807) is 37.8 Å². The molecule has 0 radical (unpaired) electrons. The van der Waals surface area contributed by atoms with Gasteiger partial charge in [-0.3, -0.25) is 9.59 Å². The van der Waals surface area contributed by atoms with Gasteiger partial charge in [0.05, 0.1) is 0 Å². The lowest BCUT2D eigenvalue weighted by atomic mass is 9.94. The van der Waals surface area contributed by atoms with Gasteiger partial charge in [-0.2, -0.15) is 0 Å². The minimum atomic E-state index is -0.978. The van der Waals surface area contributed by atoms with Crippen LogP contribution in [0.3, 0.4) is 0 Å². The highest BCUT2D eigenvalue weighted by Crippen LogP contribution is 2.38. The lowest BCUT2D eigenvalue weighted by Crippen LogP contribution is -2.55. The Hall–Kier alpha value is -3.79. The van der Waals surface area contributed by atoms with Crippen LogP contribution in [0.25, 0.3) is 0 Å². The fraction of sp³-hybridized carbons (Fsp3) is 0.452. The number of alkyl carbamates (subject to hydrolysis) is 1. The van der Waals surface area contributed by atoms with Crippen molar-refractivity contribution < 1.29 is 19.1 Å². The molecular weight excluding hydrogens is 478 g/mol. The fourth-order valence-electron chi connectivity index (χ4n) is 4.35. The Morgan fingerprint density at radius 3 is 2.32 bits per heavy atom. The number of anilines is 1. The molecule has 7 nitrogen and oxygen atoms in total. The number of nitrogens with zero attached hydrogens (tertiary/aromatic N) is 1. The molecular formula is C31H39N3O4. The van der Waals surface area contributed by atoms with Gasteiger partial charge in [0.15, 0.2) is 0 Å². The summed E-state index contributed by atoms with van der Waals surface area (Å²) in [5.74, 6) is 1.79. The van der Waals surface area contributed by atoms with E-state index in [1.165, 1.54) is 0 Å². The molecule has 0 spiro atoms. The maximum absolute atomic E-state index is 14.3. The molecule has 3 amide bonds. The number of terminal acetylenes is 1. The predicted molar refractivity (Wildman–Crippen MR) is 149 cm³/mol. The summed E-state index contributed by atoms with van der Waals surface area (Å²) in [6.07, 6.45) is 7.33. The van der Waals surface area contributed by atoms with Crippen LogP contribution in [-0.2, 0) is 14.3 Å². The van der Waals surface area contributed by atoms with Crippen LogP contribution in [0.2, 0.25) is 0 Å². The Bertz CT molecular complexity index is 1210. The number of benzene rings is 2. The molecule has 2 aromatic carbocycles. The third-order valence-corrected chi connectivity index (χ3v) is 6.69. The summed E-state index contributed by atoms with van der Waals surface area (Å²) >= 11 is 0. The van der Waals surface area contributed by atoms with Crippen molar-refractivity contribution in [2.75, 3.05) is 5.32 Å². The van der Waals surface area contributed by atoms with Crippen molar-refractivity contribution in [2.45, 2.75) is 84.5 Å². The van der Waals surface area contributed by atoms with E-state index in [2.05, 4.69) is 16.6 Å². The number of rotatable bonds is 9. The van der Waals surface area contributed by atoms with Crippen molar-refractivity contribution in [1.82, 2.24) is 10.2 Å². The largest absolute Gasteiger partial charge is 0.444 e. The maximum Gasteiger partial charge on any atom is 0.408 e. The average Bonchev–Trinajstić information content (AvgIpc) is 3.70. The minimum absolute atomic E-state index is 0.145. The highest BCUT2D eigenvalue weighted by molar-refractivity contribution is 6.00. The van der Waals surface area contributed by atoms with Gasteiger partial charge in [0, 0.05) is 17.3 Å². The van der Waals surface area contributed by atoms with Crippen LogP contribution in [0.15, 0.2) is 48.5 Å². The second-order valence-corrected chi connectivity index (χ2v) is 10.9. The first-order valence-electron chi connectivity index (χ1n) is 13.2. The Labute approximate surface area is 226 Å². The normalized spacial score (nSPS) is 15.4. The first-order chi connectivity index (χ1) is 18.0. The lowest BCUT2D eigenvalue weighted by Gasteiger charge is -2.36. The van der Waals surface area contributed by atoms with E-state index in [9.17, 15) is 14.4 Å². The first-order valence-corrected chi connectivity index (χ1v) is 13.2. The van der Waals surface area contributed by atoms with Gasteiger partial charge in [-0.1, -0.05) is 62.6 Å². The molecule has 3 rings (SSSR count). The van der Waals surface area contributed by atoms with Gasteiger partial charge in [0.2, 0.25) is 5.91 Å². The molecule has 7 heteroatoms. The zero-order valence-electron chi connectivity index (χ0n) is 23.2. The first kappa shape index (κ1) is 28.8. The number of ether oxygens (including phenoxy) is 1. The van der Waals surface area contributed by atoms with Crippen LogP contribution in [0.4, 0.5) is 10.5 Å². The SMILES string of the molecule is C#Cc1ccccc1C(C(=O)Nc1ccccc1C)N(C(=O)C(NC(=O)OC(C)(C)C)C(C)CC)C1CC1. The summed E-state index contributed by atoms with van der Waals surface area (Å²) in [7, 11) is 0. The van der Waals surface area contributed by atoms with Crippen LogP contribution >= 0.6 is 0 Å². The molecule has 1 aliphatic rings. The molecule has 0 saturated heterocycles. The van der Waals surface area contributed by atoms with Crippen LogP contribution in [-0.4, -0.2) is 40.5 Å². The van der Waals surface area contributed by atoms with Gasteiger partial charge >= 0.3 is 6.09 Å². The molecule has 0 aromatic heterocycles. The van der Waals surface area contributed by atoms with Gasteiger partial charge in [0.25, 0.3) is 5.91 Å². The molecule has 1 fully saturated rings. The van der Waals surface area contributed by atoms with Crippen LogP contribution < -0.4 is 10.6 Å². The summed E-state index contributed by atoms with van der Waals surface area (Å²) in [6, 6.07) is 12.7. The molecule has 1 aliphatic carbocycles. The molecule has 0 heterocycles. The maximum atomic E-state index is 14.3. The molecule has 38 heavy (non-hydrogen) atoms. The number of amides is 3. The molecule has 202 valence electrons. The highest BCUT2D eigenvalue weighted by atomic mass is 16.6. The third kappa shape index (κ3) is 7.16. The van der Waals surface area contributed by atoms with E-state index in [-0.39, 0.29) is 23.8 Å². The smallest absolute Gasteiger partial charge is 0.408 e. The average molecular weight is 518 g/mol. The highest BCUT2D eigenvalue weighted by Gasteiger charge is 2.45. The van der Waals surface area contributed by atoms with Crippen molar-refractivity contribution in [3.63, 3.8) is 0 Å². The Kier molecular flexibility index (Phi) is 9.22. The molecule has 3 atom stereocenters. The van der Waals surface area contributed by atoms with Gasteiger partial charge in [0.1, 0.15) is 17.7 Å². The van der Waals surface area contributed by atoms with Crippen molar-refractivity contribution in [2.24, 2.45) is 5.92 Å². The zero-order valence-corrected chi connectivity index (χ0v) is 23.2. The van der Waals surface area contributed by atoms with E-state index >= 15 is 0 Å². The molecule has 0 bridgehead atoms. The number of hydrogen-bond donors (Lipinski definition) is 2. The zero-order chi connectivity index (χ0) is 28.0. The minimum Gasteiger partial charge on any atom is -0.444 e. The number of hydrogen-bond acceptors (Lipinski definition) is 4. The van der Waals surface area contributed by atoms with Crippen LogP contribution in [0.5, 0.6) is 0 Å². The topological polar surface area (TPSA) is 87.7 Å². The van der Waals surface area contributed by atoms with Gasteiger partial charge in [-0.05, 0) is 69.7 Å². The molecule has 0 aliphatic heterocycles. The second kappa shape index (κ2) is 12.2. The number of nitrogens with one attached hydrogen (secondary N) is 2. The van der Waals surface area contributed by atoms with E-state index in [0.717, 1.165) is 18.4 Å². The Balaban J connectivity index is 2.06. The predicted octanol–water partition coefficient (Wildman–Crippen LogP) is 5.59. The Morgan fingerprint density at radius 2 is 1.74 bits per heavy atom.